The van der Waals surface area contributed by atoms with Crippen LogP contribution in [0.1, 0.15) is 0 Å². The zero-order valence-electron chi connectivity index (χ0n) is 6.87. The molecule has 0 unspecified atom stereocenters. The molecule has 1 aromatic carbocycles. The van der Waals surface area contributed by atoms with Gasteiger partial charge in [0.2, 0.25) is 0 Å². The number of hydrogen-bond acceptors (Lipinski definition) is 3. The van der Waals surface area contributed by atoms with E-state index in [2.05, 4.69) is 30.3 Å². The van der Waals surface area contributed by atoms with Crippen molar-refractivity contribution in [1.82, 2.24) is 0 Å². The van der Waals surface area contributed by atoms with Crippen molar-refractivity contribution >= 4 is 57.4 Å². The summed E-state index contributed by atoms with van der Waals surface area (Å²) in [6.45, 7) is 0. The third-order valence-corrected chi connectivity index (χ3v) is 4.42. The van der Waals surface area contributed by atoms with E-state index in [0.29, 0.717) is 0 Å². The van der Waals surface area contributed by atoms with Crippen LogP contribution in [-0.4, -0.2) is 6.26 Å². The van der Waals surface area contributed by atoms with Gasteiger partial charge in [-0.1, -0.05) is 11.6 Å². The summed E-state index contributed by atoms with van der Waals surface area (Å²) in [5.41, 5.74) is 0. The second kappa shape index (κ2) is 3.73. The summed E-state index contributed by atoms with van der Waals surface area (Å²) in [5.74, 6) is 0. The summed E-state index contributed by atoms with van der Waals surface area (Å²) < 4.78 is 1.16. The lowest BCUT2D eigenvalue weighted by molar-refractivity contribution is 1.51. The van der Waals surface area contributed by atoms with Crippen LogP contribution in [0, 0.1) is 0 Å². The molecular weight excluding hydrogens is 240 g/mol. The highest BCUT2D eigenvalue weighted by molar-refractivity contribution is 7.99. The Bertz CT molecular complexity index is 447. The van der Waals surface area contributed by atoms with Gasteiger partial charge in [0, 0.05) is 20.6 Å². The van der Waals surface area contributed by atoms with Gasteiger partial charge in [-0.25, -0.2) is 0 Å². The van der Waals surface area contributed by atoms with E-state index in [0.717, 1.165) is 14.6 Å². The first-order chi connectivity index (χ1) is 6.22. The molecule has 68 valence electrons. The minimum absolute atomic E-state index is 0.799. The number of benzene rings is 1. The fraction of sp³-hybridized carbons (Fsp3) is 0.111. The van der Waals surface area contributed by atoms with Crippen molar-refractivity contribution in [3.05, 3.63) is 22.5 Å². The Kier molecular flexibility index (Phi) is 2.79. The largest absolute Gasteiger partial charge is 0.143 e. The second-order valence-electron chi connectivity index (χ2n) is 2.61. The van der Waals surface area contributed by atoms with Crippen LogP contribution in [0.2, 0.25) is 5.02 Å². The van der Waals surface area contributed by atoms with E-state index in [1.807, 2.05) is 6.07 Å². The van der Waals surface area contributed by atoms with Gasteiger partial charge in [-0.05, 0) is 18.4 Å². The van der Waals surface area contributed by atoms with E-state index in [9.17, 15) is 0 Å². The molecule has 0 aliphatic carbocycles. The van der Waals surface area contributed by atoms with Crippen molar-refractivity contribution in [3.63, 3.8) is 0 Å². The molecule has 1 heterocycles. The van der Waals surface area contributed by atoms with Gasteiger partial charge in [-0.2, -0.15) is 0 Å². The van der Waals surface area contributed by atoms with Crippen LogP contribution < -0.4 is 0 Å². The lowest BCUT2D eigenvalue weighted by Crippen LogP contribution is -1.70. The molecule has 0 radical (unpaired) electrons. The standard InChI is InChI=1S/C9H7ClS3/c1-12-8-4-13-9-6(8)2-5(11)3-7(9)10/h2-4,11H,1H3. The van der Waals surface area contributed by atoms with Crippen LogP contribution in [0.5, 0.6) is 0 Å². The molecule has 13 heavy (non-hydrogen) atoms. The van der Waals surface area contributed by atoms with Crippen LogP contribution in [-0.2, 0) is 0 Å². The summed E-state index contributed by atoms with van der Waals surface area (Å²) in [5, 5.41) is 4.15. The Morgan fingerprint density at radius 2 is 2.23 bits per heavy atom. The Hall–Kier alpha value is 0.170. The summed E-state index contributed by atoms with van der Waals surface area (Å²) in [6.07, 6.45) is 2.07. The first-order valence-electron chi connectivity index (χ1n) is 3.66. The van der Waals surface area contributed by atoms with Gasteiger partial charge in [-0.15, -0.1) is 35.7 Å². The van der Waals surface area contributed by atoms with E-state index in [1.165, 1.54) is 10.3 Å². The number of thioether (sulfide) groups is 1. The molecule has 0 amide bonds. The maximum Gasteiger partial charge on any atom is 0.0595 e. The summed E-state index contributed by atoms with van der Waals surface area (Å²) in [4.78, 5) is 2.20. The molecule has 0 bridgehead atoms. The quantitative estimate of drug-likeness (QED) is 0.568. The molecule has 0 saturated heterocycles. The van der Waals surface area contributed by atoms with Gasteiger partial charge in [0.25, 0.3) is 0 Å². The van der Waals surface area contributed by atoms with Gasteiger partial charge in [0.1, 0.15) is 0 Å². The highest BCUT2D eigenvalue weighted by atomic mass is 35.5. The van der Waals surface area contributed by atoms with Gasteiger partial charge in [0.05, 0.1) is 9.72 Å². The molecule has 2 rings (SSSR count). The zero-order valence-corrected chi connectivity index (χ0v) is 10.2. The van der Waals surface area contributed by atoms with Crippen molar-refractivity contribution in [2.45, 2.75) is 9.79 Å². The molecule has 0 atom stereocenters. The topological polar surface area (TPSA) is 0 Å². The number of thiophene rings is 1. The minimum atomic E-state index is 0.799. The molecule has 0 nitrogen and oxygen atoms in total. The Balaban J connectivity index is 2.82. The molecule has 0 N–H and O–H groups in total. The molecule has 0 spiro atoms. The first kappa shape index (κ1) is 9.71. The van der Waals surface area contributed by atoms with Crippen molar-refractivity contribution in [2.75, 3.05) is 6.26 Å². The first-order valence-corrected chi connectivity index (χ1v) is 6.59. The molecule has 2 aromatic rings. The molecular formula is C9H7ClS3. The second-order valence-corrected chi connectivity index (χ2v) is 5.26. The summed E-state index contributed by atoms with van der Waals surface area (Å²) in [7, 11) is 0. The van der Waals surface area contributed by atoms with E-state index < -0.39 is 0 Å². The highest BCUT2D eigenvalue weighted by Gasteiger charge is 2.06. The average molecular weight is 247 g/mol. The average Bonchev–Trinajstić information content (AvgIpc) is 2.47. The van der Waals surface area contributed by atoms with Crippen molar-refractivity contribution in [1.29, 1.82) is 0 Å². The third kappa shape index (κ3) is 1.71. The maximum absolute atomic E-state index is 6.08. The SMILES string of the molecule is CSc1csc2c(Cl)cc(S)cc12. The molecule has 0 fully saturated rings. The van der Waals surface area contributed by atoms with Gasteiger partial charge in [0.15, 0.2) is 0 Å². The Morgan fingerprint density at radius 1 is 1.46 bits per heavy atom. The highest BCUT2D eigenvalue weighted by Crippen LogP contribution is 2.37. The number of thiol groups is 1. The molecule has 1 aromatic heterocycles. The maximum atomic E-state index is 6.08. The minimum Gasteiger partial charge on any atom is -0.143 e. The molecule has 4 heteroatoms. The summed E-state index contributed by atoms with van der Waals surface area (Å²) >= 11 is 13.8. The van der Waals surface area contributed by atoms with E-state index in [4.69, 9.17) is 11.6 Å². The van der Waals surface area contributed by atoms with Crippen LogP contribution in [0.3, 0.4) is 0 Å². The van der Waals surface area contributed by atoms with Crippen LogP contribution >= 0.6 is 47.3 Å². The predicted octanol–water partition coefficient (Wildman–Crippen LogP) is 4.57. The summed E-state index contributed by atoms with van der Waals surface area (Å²) in [6, 6.07) is 3.94. The Labute approximate surface area is 95.7 Å². The molecule has 0 aliphatic heterocycles. The fourth-order valence-corrected chi connectivity index (χ4v) is 3.70. The normalized spacial score (nSPS) is 11.0. The van der Waals surface area contributed by atoms with Crippen LogP contribution in [0.25, 0.3) is 10.1 Å². The number of hydrogen-bond donors (Lipinski definition) is 1. The number of halogens is 1. The van der Waals surface area contributed by atoms with E-state index in [1.54, 1.807) is 23.1 Å². The van der Waals surface area contributed by atoms with Crippen molar-refractivity contribution < 1.29 is 0 Å². The van der Waals surface area contributed by atoms with E-state index >= 15 is 0 Å². The van der Waals surface area contributed by atoms with Gasteiger partial charge in [-0.3, -0.25) is 0 Å². The molecule has 0 aliphatic rings. The van der Waals surface area contributed by atoms with Crippen molar-refractivity contribution in [2.24, 2.45) is 0 Å². The Morgan fingerprint density at radius 3 is 2.92 bits per heavy atom. The predicted molar refractivity (Wildman–Crippen MR) is 65.9 cm³/mol. The zero-order chi connectivity index (χ0) is 9.42. The van der Waals surface area contributed by atoms with Gasteiger partial charge < -0.3 is 0 Å². The monoisotopic (exact) mass is 246 g/mol. The number of rotatable bonds is 1. The van der Waals surface area contributed by atoms with Gasteiger partial charge >= 0.3 is 0 Å². The smallest absolute Gasteiger partial charge is 0.0595 e. The number of fused-ring (bicyclic) bond motifs is 1. The third-order valence-electron chi connectivity index (χ3n) is 1.80. The lowest BCUT2D eigenvalue weighted by atomic mass is 10.3. The van der Waals surface area contributed by atoms with Crippen LogP contribution in [0.15, 0.2) is 27.3 Å². The molecule has 0 saturated carbocycles. The van der Waals surface area contributed by atoms with Crippen LogP contribution in [0.4, 0.5) is 0 Å². The lowest BCUT2D eigenvalue weighted by Gasteiger charge is -1.97. The van der Waals surface area contributed by atoms with E-state index in [-0.39, 0.29) is 0 Å². The fourth-order valence-electron chi connectivity index (χ4n) is 1.22. The van der Waals surface area contributed by atoms with Crippen molar-refractivity contribution in [3.8, 4) is 0 Å².